The number of fused-ring (bicyclic) bond motifs is 1. The van der Waals surface area contributed by atoms with Gasteiger partial charge in [-0.05, 0) is 44.7 Å². The number of hydrogen-bond acceptors (Lipinski definition) is 9. The van der Waals surface area contributed by atoms with Gasteiger partial charge in [0.15, 0.2) is 5.79 Å². The Morgan fingerprint density at radius 3 is 2.77 bits per heavy atom. The zero-order valence-corrected chi connectivity index (χ0v) is 19.8. The zero-order chi connectivity index (χ0) is 24.4. The Kier molecular flexibility index (Phi) is 6.44. The number of rotatable bonds is 6. The van der Waals surface area contributed by atoms with E-state index in [0.717, 1.165) is 44.5 Å². The maximum atomic E-state index is 12.6. The van der Waals surface area contributed by atoms with E-state index in [1.54, 1.807) is 12.3 Å². The second-order valence-electron chi connectivity index (χ2n) is 9.32. The van der Waals surface area contributed by atoms with Crippen molar-refractivity contribution in [3.8, 4) is 5.75 Å². The fraction of sp³-hybridized carbons (Fsp3) is 0.500. The number of amides is 1. The number of aliphatic imine (C=N–C) groups is 1. The molecule has 1 unspecified atom stereocenters. The molecular formula is C24H31N7O4. The number of carbonyl (C=O) groups is 1. The van der Waals surface area contributed by atoms with E-state index in [-0.39, 0.29) is 17.7 Å². The number of nitrogens with zero attached hydrogens (tertiary/aromatic N) is 3. The van der Waals surface area contributed by atoms with Crippen LogP contribution >= 0.6 is 0 Å². The molecule has 11 heteroatoms. The van der Waals surface area contributed by atoms with Crippen molar-refractivity contribution in [2.24, 2.45) is 10.7 Å². The van der Waals surface area contributed by atoms with Gasteiger partial charge in [0, 0.05) is 37.1 Å². The van der Waals surface area contributed by atoms with Crippen molar-refractivity contribution in [1.29, 1.82) is 0 Å². The first-order chi connectivity index (χ1) is 16.9. The molecule has 3 aliphatic rings. The number of nitrogens with one attached hydrogen (secondary N) is 3. The van der Waals surface area contributed by atoms with Gasteiger partial charge >= 0.3 is 0 Å². The van der Waals surface area contributed by atoms with E-state index in [1.807, 2.05) is 19.1 Å². The van der Waals surface area contributed by atoms with Gasteiger partial charge in [0.2, 0.25) is 0 Å². The molecule has 1 aromatic heterocycles. The Morgan fingerprint density at radius 2 is 2.03 bits per heavy atom. The zero-order valence-electron chi connectivity index (χ0n) is 19.8. The summed E-state index contributed by atoms with van der Waals surface area (Å²) in [6.45, 7) is 4.79. The molecule has 0 radical (unpaired) electrons. The van der Waals surface area contributed by atoms with Crippen LogP contribution in [0.25, 0.3) is 10.9 Å². The third-order valence-electron chi connectivity index (χ3n) is 6.74. The van der Waals surface area contributed by atoms with Crippen LogP contribution in [0.1, 0.15) is 32.6 Å². The molecule has 2 aliphatic heterocycles. The maximum absolute atomic E-state index is 12.6. The number of aromatic nitrogens is 2. The molecular weight excluding hydrogens is 450 g/mol. The molecule has 0 bridgehead atoms. The number of ether oxygens (including phenoxy) is 2. The van der Waals surface area contributed by atoms with Crippen LogP contribution in [0.4, 0.5) is 5.69 Å². The molecule has 1 atom stereocenters. The van der Waals surface area contributed by atoms with Gasteiger partial charge in [0.1, 0.15) is 16.8 Å². The molecule has 5 N–H and O–H groups in total. The number of nitrogens with two attached hydrogens (primary N) is 1. The highest BCUT2D eigenvalue weighted by Crippen LogP contribution is 2.32. The van der Waals surface area contributed by atoms with Crippen molar-refractivity contribution in [3.63, 3.8) is 0 Å². The van der Waals surface area contributed by atoms with Crippen LogP contribution in [-0.4, -0.2) is 66.3 Å². The van der Waals surface area contributed by atoms with Crippen molar-refractivity contribution in [1.82, 2.24) is 20.6 Å². The predicted molar refractivity (Wildman–Crippen MR) is 133 cm³/mol. The SMILES string of the molecule is CC1(NC2CCC(Oc3cc(N4CCOCC4)cc4nc[nH]c(=O)c34)CC2)N=CC=C(C(N)=O)N1. The van der Waals surface area contributed by atoms with Gasteiger partial charge in [-0.15, -0.1) is 0 Å². The lowest BCUT2D eigenvalue weighted by molar-refractivity contribution is -0.115. The van der Waals surface area contributed by atoms with E-state index in [1.165, 1.54) is 6.33 Å². The smallest absolute Gasteiger partial charge is 0.264 e. The first-order valence-corrected chi connectivity index (χ1v) is 12.0. The second-order valence-corrected chi connectivity index (χ2v) is 9.32. The average Bonchev–Trinajstić information content (AvgIpc) is 2.85. The van der Waals surface area contributed by atoms with E-state index in [4.69, 9.17) is 15.2 Å². The van der Waals surface area contributed by atoms with Gasteiger partial charge < -0.3 is 30.4 Å². The summed E-state index contributed by atoms with van der Waals surface area (Å²) in [6, 6.07) is 4.09. The first-order valence-electron chi connectivity index (χ1n) is 12.0. The van der Waals surface area contributed by atoms with Crippen LogP contribution in [-0.2, 0) is 9.53 Å². The standard InChI is InChI=1S/C24H31N7O4/c1-24(28-7-6-18(30-24)22(25)32)29-15-2-4-17(5-3-15)35-20-13-16(31-8-10-34-11-9-31)12-19-21(20)23(33)27-14-26-19/h6-7,12-15,17,29-30H,2-5,8-11H2,1H3,(H2,25,32)(H,26,27,33). The molecule has 186 valence electrons. The summed E-state index contributed by atoms with van der Waals surface area (Å²) in [7, 11) is 0. The number of morpholine rings is 1. The summed E-state index contributed by atoms with van der Waals surface area (Å²) >= 11 is 0. The highest BCUT2D eigenvalue weighted by atomic mass is 16.5. The topological polar surface area (TPSA) is 147 Å². The van der Waals surface area contributed by atoms with Crippen molar-refractivity contribution < 1.29 is 14.3 Å². The molecule has 35 heavy (non-hydrogen) atoms. The minimum Gasteiger partial charge on any atom is -0.489 e. The highest BCUT2D eigenvalue weighted by molar-refractivity contribution is 5.96. The van der Waals surface area contributed by atoms with Crippen molar-refractivity contribution in [2.75, 3.05) is 31.2 Å². The van der Waals surface area contributed by atoms with E-state index < -0.39 is 11.7 Å². The largest absolute Gasteiger partial charge is 0.489 e. The van der Waals surface area contributed by atoms with Crippen LogP contribution in [0, 0.1) is 0 Å². The fourth-order valence-corrected chi connectivity index (χ4v) is 4.96. The van der Waals surface area contributed by atoms with Crippen LogP contribution in [0.2, 0.25) is 0 Å². The molecule has 11 nitrogen and oxygen atoms in total. The number of H-pyrrole nitrogens is 1. The van der Waals surface area contributed by atoms with Crippen LogP contribution in [0.15, 0.2) is 40.0 Å². The lowest BCUT2D eigenvalue weighted by Gasteiger charge is -2.38. The van der Waals surface area contributed by atoms with Crippen molar-refractivity contribution in [2.45, 2.75) is 50.5 Å². The lowest BCUT2D eigenvalue weighted by atomic mass is 9.92. The van der Waals surface area contributed by atoms with E-state index in [2.05, 4.69) is 30.5 Å². The molecule has 1 aromatic carbocycles. The van der Waals surface area contributed by atoms with Gasteiger partial charge in [-0.2, -0.15) is 0 Å². The minimum absolute atomic E-state index is 0.0208. The van der Waals surface area contributed by atoms with E-state index in [0.29, 0.717) is 35.6 Å². The molecule has 1 aliphatic carbocycles. The Labute approximate surface area is 202 Å². The van der Waals surface area contributed by atoms with Crippen molar-refractivity contribution >= 4 is 28.7 Å². The Hall–Kier alpha value is -3.44. The number of benzene rings is 1. The van der Waals surface area contributed by atoms with E-state index in [9.17, 15) is 9.59 Å². The minimum atomic E-state index is -0.793. The van der Waals surface area contributed by atoms with Gasteiger partial charge in [-0.25, -0.2) is 4.98 Å². The van der Waals surface area contributed by atoms with Crippen LogP contribution in [0.5, 0.6) is 5.75 Å². The fourth-order valence-electron chi connectivity index (χ4n) is 4.96. The molecule has 3 heterocycles. The molecule has 5 rings (SSSR count). The monoisotopic (exact) mass is 481 g/mol. The van der Waals surface area contributed by atoms with Crippen molar-refractivity contribution in [3.05, 3.63) is 40.6 Å². The van der Waals surface area contributed by atoms with Gasteiger partial charge in [-0.1, -0.05) is 0 Å². The molecule has 2 fully saturated rings. The molecule has 2 aromatic rings. The summed E-state index contributed by atoms with van der Waals surface area (Å²) in [5, 5.41) is 7.05. The summed E-state index contributed by atoms with van der Waals surface area (Å²) in [5.74, 6) is -0.743. The lowest BCUT2D eigenvalue weighted by Crippen LogP contribution is -2.59. The number of anilines is 1. The molecule has 1 saturated carbocycles. The third kappa shape index (κ3) is 5.15. The van der Waals surface area contributed by atoms with Gasteiger partial charge in [0.25, 0.3) is 11.5 Å². The molecule has 0 spiro atoms. The summed E-state index contributed by atoms with van der Waals surface area (Å²) < 4.78 is 11.9. The number of aromatic amines is 1. The van der Waals surface area contributed by atoms with Gasteiger partial charge in [-0.3, -0.25) is 19.9 Å². The summed E-state index contributed by atoms with van der Waals surface area (Å²) in [5.41, 5.74) is 7.14. The quantitative estimate of drug-likeness (QED) is 0.473. The van der Waals surface area contributed by atoms with Crippen LogP contribution < -0.4 is 31.6 Å². The maximum Gasteiger partial charge on any atom is 0.264 e. The molecule has 1 amide bonds. The Bertz CT molecular complexity index is 1210. The number of primary amides is 1. The third-order valence-corrected chi connectivity index (χ3v) is 6.74. The summed E-state index contributed by atoms with van der Waals surface area (Å²) in [6.07, 6.45) is 7.93. The molecule has 1 saturated heterocycles. The Morgan fingerprint density at radius 1 is 1.26 bits per heavy atom. The second kappa shape index (κ2) is 9.67. The highest BCUT2D eigenvalue weighted by Gasteiger charge is 2.32. The van der Waals surface area contributed by atoms with Gasteiger partial charge in [0.05, 0.1) is 31.2 Å². The average molecular weight is 482 g/mol. The number of allylic oxidation sites excluding steroid dienone is 1. The Balaban J connectivity index is 1.27. The number of carbonyl (C=O) groups excluding carboxylic acids is 1. The number of hydrogen-bond donors (Lipinski definition) is 4. The normalized spacial score (nSPS) is 26.8. The van der Waals surface area contributed by atoms with E-state index >= 15 is 0 Å². The van der Waals surface area contributed by atoms with Crippen LogP contribution in [0.3, 0.4) is 0 Å². The first kappa shape index (κ1) is 23.3. The summed E-state index contributed by atoms with van der Waals surface area (Å²) in [4.78, 5) is 37.9. The predicted octanol–water partition coefficient (Wildman–Crippen LogP) is 0.756.